The van der Waals surface area contributed by atoms with Gasteiger partial charge in [0.05, 0.1) is 11.2 Å². The number of anilines is 1. The summed E-state index contributed by atoms with van der Waals surface area (Å²) in [6.07, 6.45) is 3.74. The number of pyridine rings is 2. The maximum atomic E-state index is 4.55. The molecule has 4 nitrogen and oxygen atoms in total. The Morgan fingerprint density at radius 3 is 2.79 bits per heavy atom. The highest BCUT2D eigenvalue weighted by Crippen LogP contribution is 2.33. The van der Waals surface area contributed by atoms with Gasteiger partial charge in [-0.25, -0.2) is 0 Å². The van der Waals surface area contributed by atoms with Crippen molar-refractivity contribution in [1.29, 1.82) is 0 Å². The average molecular weight is 319 g/mol. The number of nitrogens with zero attached hydrogens (tertiary/aromatic N) is 3. The molecule has 98 valence electrons. The number of rotatable bonds is 1. The molecule has 0 amide bonds. The standard InChI is InChI=1S/C14H15BrN4/c15-11-3-12-14(18-6-11)13(1-2-17-12)19-7-9-4-16-5-10(9)8-19/h1-3,6,9-10,16H,4-5,7-8H2. The number of hydrogen-bond donors (Lipinski definition) is 1. The summed E-state index contributed by atoms with van der Waals surface area (Å²) in [4.78, 5) is 11.4. The summed E-state index contributed by atoms with van der Waals surface area (Å²) in [5.74, 6) is 1.58. The van der Waals surface area contributed by atoms with Gasteiger partial charge in [-0.2, -0.15) is 0 Å². The van der Waals surface area contributed by atoms with E-state index in [1.165, 1.54) is 5.69 Å². The molecule has 2 aromatic heterocycles. The minimum Gasteiger partial charge on any atom is -0.369 e. The number of hydrogen-bond acceptors (Lipinski definition) is 4. The average Bonchev–Trinajstić information content (AvgIpc) is 2.98. The molecule has 2 fully saturated rings. The van der Waals surface area contributed by atoms with Gasteiger partial charge in [-0.3, -0.25) is 9.97 Å². The molecule has 2 saturated heterocycles. The van der Waals surface area contributed by atoms with Crippen molar-refractivity contribution in [3.63, 3.8) is 0 Å². The molecule has 2 atom stereocenters. The third kappa shape index (κ3) is 1.92. The van der Waals surface area contributed by atoms with Crippen LogP contribution in [0.5, 0.6) is 0 Å². The van der Waals surface area contributed by atoms with Crippen molar-refractivity contribution in [2.75, 3.05) is 31.1 Å². The van der Waals surface area contributed by atoms with Crippen molar-refractivity contribution in [1.82, 2.24) is 15.3 Å². The van der Waals surface area contributed by atoms with Crippen molar-refractivity contribution in [2.45, 2.75) is 0 Å². The molecule has 1 N–H and O–H groups in total. The lowest BCUT2D eigenvalue weighted by Crippen LogP contribution is -2.25. The van der Waals surface area contributed by atoms with Crippen LogP contribution in [0.2, 0.25) is 0 Å². The Hall–Kier alpha value is -1.20. The first-order valence-electron chi connectivity index (χ1n) is 6.67. The van der Waals surface area contributed by atoms with Crippen molar-refractivity contribution in [3.05, 3.63) is 29.0 Å². The molecule has 5 heteroatoms. The van der Waals surface area contributed by atoms with Gasteiger partial charge in [-0.05, 0) is 39.9 Å². The summed E-state index contributed by atoms with van der Waals surface area (Å²) in [6.45, 7) is 4.58. The molecule has 2 aliphatic rings. The van der Waals surface area contributed by atoms with Crippen molar-refractivity contribution in [2.24, 2.45) is 11.8 Å². The summed E-state index contributed by atoms with van der Waals surface area (Å²) in [5.41, 5.74) is 3.20. The zero-order valence-electron chi connectivity index (χ0n) is 10.5. The van der Waals surface area contributed by atoms with Crippen molar-refractivity contribution >= 4 is 32.7 Å². The molecule has 0 spiro atoms. The van der Waals surface area contributed by atoms with Gasteiger partial charge in [0.1, 0.15) is 5.52 Å². The highest BCUT2D eigenvalue weighted by atomic mass is 79.9. The Bertz CT molecular complexity index is 618. The van der Waals surface area contributed by atoms with E-state index in [0.29, 0.717) is 0 Å². The molecule has 0 radical (unpaired) electrons. The van der Waals surface area contributed by atoms with E-state index in [1.807, 2.05) is 18.5 Å². The third-order valence-corrected chi connectivity index (χ3v) is 4.69. The van der Waals surface area contributed by atoms with E-state index in [1.54, 1.807) is 0 Å². The zero-order chi connectivity index (χ0) is 12.8. The fourth-order valence-electron chi connectivity index (χ4n) is 3.30. The van der Waals surface area contributed by atoms with E-state index in [-0.39, 0.29) is 0 Å². The van der Waals surface area contributed by atoms with E-state index in [9.17, 15) is 0 Å². The normalized spacial score (nSPS) is 26.1. The Morgan fingerprint density at radius 2 is 2.00 bits per heavy atom. The second-order valence-corrected chi connectivity index (χ2v) is 6.35. The van der Waals surface area contributed by atoms with E-state index >= 15 is 0 Å². The predicted octanol–water partition coefficient (Wildman–Crippen LogP) is 2.05. The number of fused-ring (bicyclic) bond motifs is 2. The van der Waals surface area contributed by atoms with Gasteiger partial charge in [0, 0.05) is 43.0 Å². The van der Waals surface area contributed by atoms with E-state index in [4.69, 9.17) is 0 Å². The lowest BCUT2D eigenvalue weighted by Gasteiger charge is -2.20. The van der Waals surface area contributed by atoms with Crippen LogP contribution < -0.4 is 10.2 Å². The van der Waals surface area contributed by atoms with Crippen molar-refractivity contribution < 1.29 is 0 Å². The Kier molecular flexibility index (Phi) is 2.70. The van der Waals surface area contributed by atoms with Gasteiger partial charge in [0.25, 0.3) is 0 Å². The second-order valence-electron chi connectivity index (χ2n) is 5.43. The Balaban J connectivity index is 1.75. The molecule has 2 unspecified atom stereocenters. The van der Waals surface area contributed by atoms with E-state index in [0.717, 1.165) is 53.5 Å². The molecule has 4 rings (SSSR count). The molecule has 19 heavy (non-hydrogen) atoms. The second kappa shape index (κ2) is 4.42. The van der Waals surface area contributed by atoms with Crippen LogP contribution in [0.3, 0.4) is 0 Å². The third-order valence-electron chi connectivity index (χ3n) is 4.25. The largest absolute Gasteiger partial charge is 0.369 e. The maximum absolute atomic E-state index is 4.55. The van der Waals surface area contributed by atoms with Crippen LogP contribution in [0.15, 0.2) is 29.0 Å². The SMILES string of the molecule is Brc1cnc2c(N3CC4CNCC4C3)ccnc2c1. The predicted molar refractivity (Wildman–Crippen MR) is 79.3 cm³/mol. The molecule has 0 bridgehead atoms. The van der Waals surface area contributed by atoms with Crippen LogP contribution in [-0.4, -0.2) is 36.1 Å². The van der Waals surface area contributed by atoms with Crippen LogP contribution in [0, 0.1) is 11.8 Å². The lowest BCUT2D eigenvalue weighted by atomic mass is 10.0. The summed E-state index contributed by atoms with van der Waals surface area (Å²) in [5, 5.41) is 3.48. The van der Waals surface area contributed by atoms with Gasteiger partial charge in [0.15, 0.2) is 0 Å². The smallest absolute Gasteiger partial charge is 0.112 e. The topological polar surface area (TPSA) is 41.1 Å². The fourth-order valence-corrected chi connectivity index (χ4v) is 3.62. The number of halogens is 1. The molecular weight excluding hydrogens is 304 g/mol. The van der Waals surface area contributed by atoms with Crippen LogP contribution in [0.25, 0.3) is 11.0 Å². The summed E-state index contributed by atoms with van der Waals surface area (Å²) in [6, 6.07) is 4.13. The fraction of sp³-hybridized carbons (Fsp3) is 0.429. The first kappa shape index (κ1) is 11.6. The number of aromatic nitrogens is 2. The highest BCUT2D eigenvalue weighted by molar-refractivity contribution is 9.10. The number of nitrogens with one attached hydrogen (secondary N) is 1. The van der Waals surface area contributed by atoms with Gasteiger partial charge in [0.2, 0.25) is 0 Å². The first-order valence-corrected chi connectivity index (χ1v) is 7.46. The maximum Gasteiger partial charge on any atom is 0.112 e. The monoisotopic (exact) mass is 318 g/mol. The first-order chi connectivity index (χ1) is 9.31. The molecule has 2 aromatic rings. The molecular formula is C14H15BrN4. The van der Waals surface area contributed by atoms with Gasteiger partial charge in [-0.1, -0.05) is 0 Å². The van der Waals surface area contributed by atoms with E-state index < -0.39 is 0 Å². The summed E-state index contributed by atoms with van der Waals surface area (Å²) >= 11 is 3.46. The molecule has 4 heterocycles. The van der Waals surface area contributed by atoms with Gasteiger partial charge >= 0.3 is 0 Å². The molecule has 0 aliphatic carbocycles. The Labute approximate surface area is 120 Å². The quantitative estimate of drug-likeness (QED) is 0.873. The minimum atomic E-state index is 0.790. The summed E-state index contributed by atoms with van der Waals surface area (Å²) < 4.78 is 0.979. The van der Waals surface area contributed by atoms with Crippen LogP contribution >= 0.6 is 15.9 Å². The highest BCUT2D eigenvalue weighted by Gasteiger charge is 2.36. The molecule has 2 aliphatic heterocycles. The zero-order valence-corrected chi connectivity index (χ0v) is 12.1. The van der Waals surface area contributed by atoms with Crippen LogP contribution in [0.1, 0.15) is 0 Å². The minimum absolute atomic E-state index is 0.790. The van der Waals surface area contributed by atoms with Crippen LogP contribution in [0.4, 0.5) is 5.69 Å². The van der Waals surface area contributed by atoms with Gasteiger partial charge < -0.3 is 10.2 Å². The van der Waals surface area contributed by atoms with E-state index in [2.05, 4.69) is 42.2 Å². The molecule has 0 aromatic carbocycles. The lowest BCUT2D eigenvalue weighted by molar-refractivity contribution is 0.533. The van der Waals surface area contributed by atoms with Gasteiger partial charge in [-0.15, -0.1) is 0 Å². The van der Waals surface area contributed by atoms with Crippen LogP contribution in [-0.2, 0) is 0 Å². The molecule has 0 saturated carbocycles. The van der Waals surface area contributed by atoms with Crippen molar-refractivity contribution in [3.8, 4) is 0 Å². The summed E-state index contributed by atoms with van der Waals surface area (Å²) in [7, 11) is 0. The Morgan fingerprint density at radius 1 is 1.21 bits per heavy atom.